The molecule has 19 heavy (non-hydrogen) atoms. The first-order chi connectivity index (χ1) is 8.97. The SMILES string of the molecule is CC(C)NCCC(C)(O)c1cccc(OC2CC2)c1. The number of rotatable bonds is 7. The monoisotopic (exact) mass is 263 g/mol. The Kier molecular flexibility index (Phi) is 4.48. The molecule has 1 atom stereocenters. The molecule has 1 fully saturated rings. The minimum Gasteiger partial charge on any atom is -0.490 e. The van der Waals surface area contributed by atoms with Crippen LogP contribution < -0.4 is 10.1 Å². The highest BCUT2D eigenvalue weighted by Gasteiger charge is 2.26. The van der Waals surface area contributed by atoms with Crippen LogP contribution in [0, 0.1) is 0 Å². The maximum absolute atomic E-state index is 10.6. The lowest BCUT2D eigenvalue weighted by Gasteiger charge is -2.25. The van der Waals surface area contributed by atoms with Gasteiger partial charge in [-0.25, -0.2) is 0 Å². The van der Waals surface area contributed by atoms with Crippen molar-refractivity contribution in [2.75, 3.05) is 6.54 Å². The smallest absolute Gasteiger partial charge is 0.120 e. The second-order valence-electron chi connectivity index (χ2n) is 5.98. The fourth-order valence-corrected chi connectivity index (χ4v) is 2.03. The van der Waals surface area contributed by atoms with Gasteiger partial charge in [0.15, 0.2) is 0 Å². The van der Waals surface area contributed by atoms with Crippen LogP contribution in [0.4, 0.5) is 0 Å². The summed E-state index contributed by atoms with van der Waals surface area (Å²) in [7, 11) is 0. The molecule has 1 saturated carbocycles. The molecule has 2 rings (SSSR count). The molecule has 106 valence electrons. The summed E-state index contributed by atoms with van der Waals surface area (Å²) in [6.45, 7) is 6.89. The third kappa shape index (κ3) is 4.51. The van der Waals surface area contributed by atoms with Crippen LogP contribution in [-0.4, -0.2) is 23.8 Å². The Morgan fingerprint density at radius 1 is 1.42 bits per heavy atom. The van der Waals surface area contributed by atoms with Gasteiger partial charge in [0.05, 0.1) is 11.7 Å². The van der Waals surface area contributed by atoms with E-state index in [1.165, 1.54) is 0 Å². The van der Waals surface area contributed by atoms with Crippen molar-refractivity contribution in [1.82, 2.24) is 5.32 Å². The first-order valence-electron chi connectivity index (χ1n) is 7.20. The van der Waals surface area contributed by atoms with Crippen molar-refractivity contribution >= 4 is 0 Å². The van der Waals surface area contributed by atoms with Crippen LogP contribution in [-0.2, 0) is 5.60 Å². The Morgan fingerprint density at radius 2 is 2.16 bits per heavy atom. The molecule has 0 aliphatic heterocycles. The van der Waals surface area contributed by atoms with Crippen molar-refractivity contribution in [3.8, 4) is 5.75 Å². The highest BCUT2D eigenvalue weighted by Crippen LogP contribution is 2.31. The summed E-state index contributed by atoms with van der Waals surface area (Å²) in [4.78, 5) is 0. The largest absolute Gasteiger partial charge is 0.490 e. The number of aliphatic hydroxyl groups is 1. The van der Waals surface area contributed by atoms with Crippen LogP contribution in [0.15, 0.2) is 24.3 Å². The fourth-order valence-electron chi connectivity index (χ4n) is 2.03. The van der Waals surface area contributed by atoms with Gasteiger partial charge in [-0.3, -0.25) is 0 Å². The van der Waals surface area contributed by atoms with Crippen molar-refractivity contribution in [2.45, 2.75) is 57.8 Å². The first-order valence-corrected chi connectivity index (χ1v) is 7.20. The highest BCUT2D eigenvalue weighted by molar-refractivity contribution is 5.32. The van der Waals surface area contributed by atoms with Gasteiger partial charge in [0.25, 0.3) is 0 Å². The summed E-state index contributed by atoms with van der Waals surface area (Å²) in [5.74, 6) is 0.872. The van der Waals surface area contributed by atoms with E-state index in [0.29, 0.717) is 18.6 Å². The summed E-state index contributed by atoms with van der Waals surface area (Å²) >= 11 is 0. The van der Waals surface area contributed by atoms with Crippen LogP contribution in [0.5, 0.6) is 5.75 Å². The van der Waals surface area contributed by atoms with Crippen LogP contribution in [0.3, 0.4) is 0 Å². The third-order valence-electron chi connectivity index (χ3n) is 3.45. The lowest BCUT2D eigenvalue weighted by atomic mass is 9.92. The molecule has 1 aromatic rings. The van der Waals surface area contributed by atoms with Gasteiger partial charge in [0.2, 0.25) is 0 Å². The molecular weight excluding hydrogens is 238 g/mol. The van der Waals surface area contributed by atoms with Crippen LogP contribution in [0.25, 0.3) is 0 Å². The average molecular weight is 263 g/mol. The Hall–Kier alpha value is -1.06. The number of ether oxygens (including phenoxy) is 1. The van der Waals surface area contributed by atoms with Crippen LogP contribution in [0.1, 0.15) is 45.6 Å². The van der Waals surface area contributed by atoms with E-state index >= 15 is 0 Å². The van der Waals surface area contributed by atoms with Gasteiger partial charge < -0.3 is 15.2 Å². The highest BCUT2D eigenvalue weighted by atomic mass is 16.5. The second kappa shape index (κ2) is 5.93. The van der Waals surface area contributed by atoms with Crippen molar-refractivity contribution in [3.05, 3.63) is 29.8 Å². The Labute approximate surface area is 116 Å². The van der Waals surface area contributed by atoms with E-state index in [9.17, 15) is 5.11 Å². The Bertz CT molecular complexity index is 411. The zero-order chi connectivity index (χ0) is 13.9. The molecule has 0 saturated heterocycles. The predicted octanol–water partition coefficient (Wildman–Crippen LogP) is 2.82. The molecule has 1 unspecified atom stereocenters. The summed E-state index contributed by atoms with van der Waals surface area (Å²) in [5, 5.41) is 13.9. The third-order valence-corrected chi connectivity index (χ3v) is 3.45. The Morgan fingerprint density at radius 3 is 2.79 bits per heavy atom. The molecule has 0 bridgehead atoms. The van der Waals surface area contributed by atoms with Gasteiger partial charge in [-0.2, -0.15) is 0 Å². The minimum absolute atomic E-state index is 0.391. The average Bonchev–Trinajstić information content (AvgIpc) is 3.12. The second-order valence-corrected chi connectivity index (χ2v) is 5.98. The zero-order valence-electron chi connectivity index (χ0n) is 12.1. The van der Waals surface area contributed by atoms with Gasteiger partial charge >= 0.3 is 0 Å². The van der Waals surface area contributed by atoms with E-state index in [2.05, 4.69) is 19.2 Å². The fraction of sp³-hybridized carbons (Fsp3) is 0.625. The lowest BCUT2D eigenvalue weighted by molar-refractivity contribution is 0.0472. The van der Waals surface area contributed by atoms with E-state index in [0.717, 1.165) is 30.7 Å². The van der Waals surface area contributed by atoms with Gasteiger partial charge in [-0.15, -0.1) is 0 Å². The van der Waals surface area contributed by atoms with E-state index in [-0.39, 0.29) is 0 Å². The molecule has 1 aliphatic rings. The van der Waals surface area contributed by atoms with Gasteiger partial charge in [0.1, 0.15) is 5.75 Å². The van der Waals surface area contributed by atoms with Crippen LogP contribution in [0.2, 0.25) is 0 Å². The molecule has 2 N–H and O–H groups in total. The summed E-state index contributed by atoms with van der Waals surface area (Å²) in [6.07, 6.45) is 3.39. The van der Waals surface area contributed by atoms with Crippen molar-refractivity contribution in [1.29, 1.82) is 0 Å². The topological polar surface area (TPSA) is 41.5 Å². The summed E-state index contributed by atoms with van der Waals surface area (Å²) in [6, 6.07) is 8.30. The van der Waals surface area contributed by atoms with E-state index in [1.54, 1.807) is 0 Å². The number of hydrogen-bond donors (Lipinski definition) is 2. The number of hydrogen-bond acceptors (Lipinski definition) is 3. The maximum atomic E-state index is 10.6. The van der Waals surface area contributed by atoms with Crippen molar-refractivity contribution in [2.24, 2.45) is 0 Å². The van der Waals surface area contributed by atoms with E-state index < -0.39 is 5.60 Å². The molecule has 0 heterocycles. The maximum Gasteiger partial charge on any atom is 0.120 e. The normalized spacial score (nSPS) is 18.4. The molecule has 1 aliphatic carbocycles. The quantitative estimate of drug-likeness (QED) is 0.795. The molecular formula is C16H25NO2. The molecule has 3 heteroatoms. The number of nitrogens with one attached hydrogen (secondary N) is 1. The predicted molar refractivity (Wildman–Crippen MR) is 77.4 cm³/mol. The van der Waals surface area contributed by atoms with Crippen molar-refractivity contribution in [3.63, 3.8) is 0 Å². The van der Waals surface area contributed by atoms with E-state index in [1.807, 2.05) is 31.2 Å². The van der Waals surface area contributed by atoms with Crippen molar-refractivity contribution < 1.29 is 9.84 Å². The summed E-state index contributed by atoms with van der Waals surface area (Å²) in [5.41, 5.74) is 0.112. The molecule has 3 nitrogen and oxygen atoms in total. The molecule has 1 aromatic carbocycles. The minimum atomic E-state index is -0.815. The van der Waals surface area contributed by atoms with Crippen LogP contribution >= 0.6 is 0 Å². The van der Waals surface area contributed by atoms with E-state index in [4.69, 9.17) is 4.74 Å². The zero-order valence-corrected chi connectivity index (χ0v) is 12.1. The molecule has 0 aromatic heterocycles. The standard InChI is InChI=1S/C16H25NO2/c1-12(2)17-10-9-16(3,18)13-5-4-6-15(11-13)19-14-7-8-14/h4-6,11-12,14,17-18H,7-10H2,1-3H3. The van der Waals surface area contributed by atoms with Gasteiger partial charge in [-0.05, 0) is 50.4 Å². The molecule has 0 radical (unpaired) electrons. The molecule has 0 amide bonds. The first kappa shape index (κ1) is 14.4. The van der Waals surface area contributed by atoms with Gasteiger partial charge in [-0.1, -0.05) is 26.0 Å². The Balaban J connectivity index is 1.97. The lowest BCUT2D eigenvalue weighted by Crippen LogP contribution is -2.31. The van der Waals surface area contributed by atoms with Gasteiger partial charge in [0, 0.05) is 6.04 Å². The summed E-state index contributed by atoms with van der Waals surface area (Å²) < 4.78 is 5.78. The number of benzene rings is 1. The molecule has 0 spiro atoms.